The van der Waals surface area contributed by atoms with Gasteiger partial charge >= 0.3 is 0 Å². The maximum Gasteiger partial charge on any atom is 0.259 e. The molecule has 2 aromatic heterocycles. The lowest BCUT2D eigenvalue weighted by atomic mass is 10.2. The quantitative estimate of drug-likeness (QED) is 0.879. The summed E-state index contributed by atoms with van der Waals surface area (Å²) >= 11 is 6.05. The first-order valence-corrected chi connectivity index (χ1v) is 6.94. The van der Waals surface area contributed by atoms with Crippen LogP contribution in [0.15, 0.2) is 23.0 Å². The number of rotatable bonds is 6. The molecule has 0 aliphatic heterocycles. The monoisotopic (exact) mass is 295 g/mol. The van der Waals surface area contributed by atoms with Crippen molar-refractivity contribution in [2.75, 3.05) is 19.6 Å². The highest BCUT2D eigenvalue weighted by Crippen LogP contribution is 2.25. The SMILES string of the molecule is CCN(CC)CC(N)c1noc(-c2ccncc2Cl)n1. The third kappa shape index (κ3) is 3.33. The van der Waals surface area contributed by atoms with E-state index in [4.69, 9.17) is 21.9 Å². The van der Waals surface area contributed by atoms with Crippen molar-refractivity contribution < 1.29 is 4.52 Å². The zero-order valence-electron chi connectivity index (χ0n) is 11.6. The fourth-order valence-electron chi connectivity index (χ4n) is 1.89. The minimum Gasteiger partial charge on any atom is -0.334 e. The lowest BCUT2D eigenvalue weighted by Gasteiger charge is -2.20. The van der Waals surface area contributed by atoms with Gasteiger partial charge in [-0.1, -0.05) is 30.6 Å². The lowest BCUT2D eigenvalue weighted by molar-refractivity contribution is 0.278. The topological polar surface area (TPSA) is 81.1 Å². The number of aromatic nitrogens is 3. The Hall–Kier alpha value is -1.50. The van der Waals surface area contributed by atoms with Gasteiger partial charge in [0.1, 0.15) is 0 Å². The van der Waals surface area contributed by atoms with Crippen LogP contribution in [0.3, 0.4) is 0 Å². The molecule has 2 aromatic rings. The third-order valence-corrected chi connectivity index (χ3v) is 3.43. The minimum atomic E-state index is -0.284. The number of likely N-dealkylation sites (N-methyl/N-ethyl adjacent to an activating group) is 1. The second-order valence-electron chi connectivity index (χ2n) is 4.41. The molecule has 1 unspecified atom stereocenters. The minimum absolute atomic E-state index is 0.284. The van der Waals surface area contributed by atoms with Crippen LogP contribution in [0.5, 0.6) is 0 Å². The Morgan fingerprint density at radius 3 is 2.80 bits per heavy atom. The summed E-state index contributed by atoms with van der Waals surface area (Å²) in [6, 6.07) is 1.45. The van der Waals surface area contributed by atoms with Gasteiger partial charge in [-0.05, 0) is 19.2 Å². The maximum absolute atomic E-state index is 6.10. The molecule has 0 amide bonds. The zero-order chi connectivity index (χ0) is 14.5. The molecule has 0 aromatic carbocycles. The van der Waals surface area contributed by atoms with E-state index in [1.165, 1.54) is 6.20 Å². The molecule has 0 saturated heterocycles. The van der Waals surface area contributed by atoms with Gasteiger partial charge < -0.3 is 15.2 Å². The summed E-state index contributed by atoms with van der Waals surface area (Å²) < 4.78 is 5.23. The number of nitrogens with two attached hydrogens (primary N) is 1. The number of nitrogens with zero attached hydrogens (tertiary/aromatic N) is 4. The van der Waals surface area contributed by atoms with Crippen molar-refractivity contribution >= 4 is 11.6 Å². The van der Waals surface area contributed by atoms with Crippen molar-refractivity contribution in [2.24, 2.45) is 5.73 Å². The summed E-state index contributed by atoms with van der Waals surface area (Å²) in [5.74, 6) is 0.849. The summed E-state index contributed by atoms with van der Waals surface area (Å²) in [5.41, 5.74) is 6.77. The van der Waals surface area contributed by atoms with Crippen LogP contribution in [0.2, 0.25) is 5.02 Å². The average Bonchev–Trinajstić information content (AvgIpc) is 2.94. The smallest absolute Gasteiger partial charge is 0.259 e. The first-order valence-electron chi connectivity index (χ1n) is 6.57. The van der Waals surface area contributed by atoms with E-state index in [2.05, 4.69) is 33.9 Å². The van der Waals surface area contributed by atoms with Crippen LogP contribution >= 0.6 is 11.6 Å². The molecule has 2 heterocycles. The molecule has 0 saturated carbocycles. The zero-order valence-corrected chi connectivity index (χ0v) is 12.3. The molecule has 0 fully saturated rings. The van der Waals surface area contributed by atoms with Crippen molar-refractivity contribution in [3.05, 3.63) is 29.3 Å². The average molecular weight is 296 g/mol. The van der Waals surface area contributed by atoms with E-state index in [9.17, 15) is 0 Å². The van der Waals surface area contributed by atoms with Gasteiger partial charge in [0.15, 0.2) is 5.82 Å². The van der Waals surface area contributed by atoms with E-state index < -0.39 is 0 Å². The van der Waals surface area contributed by atoms with Crippen LogP contribution in [0.25, 0.3) is 11.5 Å². The van der Waals surface area contributed by atoms with Crippen molar-refractivity contribution in [3.8, 4) is 11.5 Å². The summed E-state index contributed by atoms with van der Waals surface area (Å²) in [7, 11) is 0. The van der Waals surface area contributed by atoms with Crippen LogP contribution in [0.4, 0.5) is 0 Å². The summed E-state index contributed by atoms with van der Waals surface area (Å²) in [6.45, 7) is 6.75. The van der Waals surface area contributed by atoms with E-state index in [0.717, 1.165) is 13.1 Å². The molecule has 0 radical (unpaired) electrons. The molecule has 0 aliphatic carbocycles. The first kappa shape index (κ1) is 14.9. The number of hydrogen-bond acceptors (Lipinski definition) is 6. The van der Waals surface area contributed by atoms with Gasteiger partial charge in [-0.15, -0.1) is 0 Å². The van der Waals surface area contributed by atoms with E-state index in [-0.39, 0.29) is 6.04 Å². The second kappa shape index (κ2) is 6.78. The first-order chi connectivity index (χ1) is 9.65. The van der Waals surface area contributed by atoms with E-state index in [0.29, 0.717) is 28.8 Å². The Morgan fingerprint density at radius 1 is 1.40 bits per heavy atom. The van der Waals surface area contributed by atoms with Gasteiger partial charge in [0, 0.05) is 18.9 Å². The molecule has 0 aliphatic rings. The largest absolute Gasteiger partial charge is 0.334 e. The van der Waals surface area contributed by atoms with Crippen molar-refractivity contribution in [1.82, 2.24) is 20.0 Å². The Morgan fingerprint density at radius 2 is 2.15 bits per heavy atom. The highest BCUT2D eigenvalue weighted by atomic mass is 35.5. The summed E-state index contributed by atoms with van der Waals surface area (Å²) in [5, 5.41) is 4.41. The van der Waals surface area contributed by atoms with Crippen molar-refractivity contribution in [3.63, 3.8) is 0 Å². The molecule has 1 atom stereocenters. The van der Waals surface area contributed by atoms with Crippen molar-refractivity contribution in [2.45, 2.75) is 19.9 Å². The van der Waals surface area contributed by atoms with Gasteiger partial charge in [-0.25, -0.2) is 0 Å². The Balaban J connectivity index is 2.15. The van der Waals surface area contributed by atoms with Gasteiger partial charge in [0.05, 0.1) is 16.6 Å². The Labute approximate surface area is 122 Å². The van der Waals surface area contributed by atoms with Crippen LogP contribution in [-0.2, 0) is 0 Å². The molecular weight excluding hydrogens is 278 g/mol. The molecule has 6 nitrogen and oxygen atoms in total. The number of hydrogen-bond donors (Lipinski definition) is 1. The molecular formula is C13H18ClN5O. The molecule has 20 heavy (non-hydrogen) atoms. The summed E-state index contributed by atoms with van der Waals surface area (Å²) in [4.78, 5) is 10.5. The van der Waals surface area contributed by atoms with Gasteiger partial charge in [0.2, 0.25) is 0 Å². The second-order valence-corrected chi connectivity index (χ2v) is 4.81. The summed E-state index contributed by atoms with van der Waals surface area (Å²) in [6.07, 6.45) is 3.16. The Bertz CT molecular complexity index is 555. The highest BCUT2D eigenvalue weighted by molar-refractivity contribution is 6.32. The molecule has 108 valence electrons. The molecule has 2 rings (SSSR count). The third-order valence-electron chi connectivity index (χ3n) is 3.13. The normalized spacial score (nSPS) is 12.8. The fraction of sp³-hybridized carbons (Fsp3) is 0.462. The molecule has 2 N–H and O–H groups in total. The van der Waals surface area contributed by atoms with Crippen LogP contribution in [-0.4, -0.2) is 39.7 Å². The maximum atomic E-state index is 6.10. The molecule has 7 heteroatoms. The number of halogens is 1. The van der Waals surface area contributed by atoms with E-state index >= 15 is 0 Å². The fourth-order valence-corrected chi connectivity index (χ4v) is 2.09. The number of pyridine rings is 1. The molecule has 0 spiro atoms. The predicted molar refractivity (Wildman–Crippen MR) is 77.3 cm³/mol. The van der Waals surface area contributed by atoms with Gasteiger partial charge in [0.25, 0.3) is 5.89 Å². The van der Waals surface area contributed by atoms with Gasteiger partial charge in [-0.2, -0.15) is 4.98 Å². The lowest BCUT2D eigenvalue weighted by Crippen LogP contribution is -2.32. The van der Waals surface area contributed by atoms with Gasteiger partial charge in [-0.3, -0.25) is 4.98 Å². The van der Waals surface area contributed by atoms with E-state index in [1.54, 1.807) is 12.3 Å². The van der Waals surface area contributed by atoms with E-state index in [1.807, 2.05) is 0 Å². The van der Waals surface area contributed by atoms with Crippen LogP contribution in [0, 0.1) is 0 Å². The standard InChI is InChI=1S/C13H18ClN5O/c1-3-19(4-2)8-11(15)12-17-13(20-18-12)9-5-6-16-7-10(9)14/h5-7,11H,3-4,8,15H2,1-2H3. The van der Waals surface area contributed by atoms with Crippen molar-refractivity contribution in [1.29, 1.82) is 0 Å². The Kier molecular flexibility index (Phi) is 5.05. The predicted octanol–water partition coefficient (Wildman–Crippen LogP) is 2.13. The molecule has 0 bridgehead atoms. The van der Waals surface area contributed by atoms with Crippen LogP contribution in [0.1, 0.15) is 25.7 Å². The van der Waals surface area contributed by atoms with Crippen LogP contribution < -0.4 is 5.73 Å². The highest BCUT2D eigenvalue weighted by Gasteiger charge is 2.18.